The lowest BCUT2D eigenvalue weighted by atomic mass is 9.93. The van der Waals surface area contributed by atoms with Crippen molar-refractivity contribution in [2.75, 3.05) is 12.4 Å². The van der Waals surface area contributed by atoms with Crippen molar-refractivity contribution in [2.24, 2.45) is 0 Å². The lowest BCUT2D eigenvalue weighted by Crippen LogP contribution is -2.19. The Hall–Kier alpha value is -3.29. The normalized spacial score (nSPS) is 12.9. The van der Waals surface area contributed by atoms with Crippen LogP contribution in [-0.4, -0.2) is 38.7 Å². The Balaban J connectivity index is 1.81. The van der Waals surface area contributed by atoms with Crippen LogP contribution in [0.5, 0.6) is 11.5 Å². The summed E-state index contributed by atoms with van der Waals surface area (Å²) in [5.74, 6) is -2.61. The van der Waals surface area contributed by atoms with Crippen molar-refractivity contribution in [3.05, 3.63) is 70.0 Å². The van der Waals surface area contributed by atoms with E-state index < -0.39 is 59.7 Å². The van der Waals surface area contributed by atoms with Crippen molar-refractivity contribution in [1.82, 2.24) is 0 Å². The number of halogens is 1. The number of fused-ring (bicyclic) bond motifs is 1. The van der Waals surface area contributed by atoms with Crippen LogP contribution in [0.4, 0.5) is 10.1 Å². The van der Waals surface area contributed by atoms with Gasteiger partial charge in [-0.2, -0.15) is 16.8 Å². The Morgan fingerprint density at radius 2 is 1.71 bits per heavy atom. The highest BCUT2D eigenvalue weighted by molar-refractivity contribution is 7.87. The van der Waals surface area contributed by atoms with Crippen LogP contribution in [0.3, 0.4) is 0 Å². The summed E-state index contributed by atoms with van der Waals surface area (Å²) in [6.45, 7) is 3.44. The molecule has 1 N–H and O–H groups in total. The van der Waals surface area contributed by atoms with Crippen LogP contribution in [0.1, 0.15) is 31.7 Å². The van der Waals surface area contributed by atoms with Gasteiger partial charge in [-0.3, -0.25) is 14.7 Å². The van der Waals surface area contributed by atoms with Crippen LogP contribution >= 0.6 is 0 Å². The second-order valence-corrected chi connectivity index (χ2v) is 10.8. The van der Waals surface area contributed by atoms with E-state index in [2.05, 4.69) is 6.92 Å². The Kier molecular flexibility index (Phi) is 7.62. The molecule has 0 heterocycles. The number of ether oxygens (including phenoxy) is 1. The van der Waals surface area contributed by atoms with E-state index in [1.807, 2.05) is 19.1 Å². The van der Waals surface area contributed by atoms with Crippen molar-refractivity contribution in [3.8, 4) is 11.5 Å². The summed E-state index contributed by atoms with van der Waals surface area (Å²) in [6, 6.07) is 11.2. The van der Waals surface area contributed by atoms with Gasteiger partial charge in [0.25, 0.3) is 10.1 Å². The van der Waals surface area contributed by atoms with Gasteiger partial charge in [0.2, 0.25) is 0 Å². The Morgan fingerprint density at radius 1 is 1.06 bits per heavy atom. The van der Waals surface area contributed by atoms with E-state index in [-0.39, 0.29) is 17.7 Å². The highest BCUT2D eigenvalue weighted by Gasteiger charge is 2.26. The average Bonchev–Trinajstić information content (AvgIpc) is 2.77. The average molecular weight is 528 g/mol. The van der Waals surface area contributed by atoms with Crippen molar-refractivity contribution in [1.29, 1.82) is 0 Å². The molecule has 188 valence electrons. The summed E-state index contributed by atoms with van der Waals surface area (Å²) in [4.78, 5) is 8.86. The third kappa shape index (κ3) is 6.05. The zero-order chi connectivity index (χ0) is 26.0. The van der Waals surface area contributed by atoms with Crippen molar-refractivity contribution >= 4 is 36.7 Å². The van der Waals surface area contributed by atoms with E-state index in [0.29, 0.717) is 11.5 Å². The summed E-state index contributed by atoms with van der Waals surface area (Å²) >= 11 is 0. The van der Waals surface area contributed by atoms with E-state index in [9.17, 15) is 31.3 Å². The predicted octanol–water partition coefficient (Wildman–Crippen LogP) is 4.43. The first-order valence-electron chi connectivity index (χ1n) is 10.4. The fourth-order valence-corrected chi connectivity index (χ4v) is 4.79. The number of nitro groups is 1. The minimum absolute atomic E-state index is 0.0992. The fourth-order valence-electron chi connectivity index (χ4n) is 3.43. The molecule has 35 heavy (non-hydrogen) atoms. The van der Waals surface area contributed by atoms with Crippen LogP contribution in [0.15, 0.2) is 53.4 Å². The summed E-state index contributed by atoms with van der Waals surface area (Å²) in [5, 5.41) is 12.7. The number of hydrogen-bond acceptors (Lipinski definition) is 8. The zero-order valence-corrected chi connectivity index (χ0v) is 20.3. The monoisotopic (exact) mass is 527 g/mol. The Labute approximate surface area is 201 Å². The van der Waals surface area contributed by atoms with Gasteiger partial charge in [-0.1, -0.05) is 44.2 Å². The van der Waals surface area contributed by atoms with Gasteiger partial charge in [-0.15, -0.1) is 0 Å². The third-order valence-electron chi connectivity index (χ3n) is 5.36. The smallest absolute Gasteiger partial charge is 0.312 e. The lowest BCUT2D eigenvalue weighted by Gasteiger charge is -2.16. The van der Waals surface area contributed by atoms with E-state index >= 15 is 0 Å². The van der Waals surface area contributed by atoms with Crippen LogP contribution in [-0.2, 0) is 20.2 Å². The predicted molar refractivity (Wildman–Crippen MR) is 125 cm³/mol. The second-order valence-electron chi connectivity index (χ2n) is 7.68. The lowest BCUT2D eigenvalue weighted by molar-refractivity contribution is -0.386. The molecule has 3 aromatic rings. The molecule has 0 radical (unpaired) electrons. The molecule has 0 fully saturated rings. The highest BCUT2D eigenvalue weighted by atomic mass is 32.2. The van der Waals surface area contributed by atoms with E-state index in [1.165, 1.54) is 0 Å². The molecule has 0 aliphatic carbocycles. The molecule has 1 unspecified atom stereocenters. The molecule has 0 saturated heterocycles. The molecule has 1 atom stereocenters. The van der Waals surface area contributed by atoms with Crippen molar-refractivity contribution < 1.29 is 39.6 Å². The van der Waals surface area contributed by atoms with E-state index in [0.717, 1.165) is 17.4 Å². The molecule has 0 spiro atoms. The summed E-state index contributed by atoms with van der Waals surface area (Å²) < 4.78 is 80.8. The van der Waals surface area contributed by atoms with Gasteiger partial charge in [0.1, 0.15) is 28.8 Å². The van der Waals surface area contributed by atoms with Gasteiger partial charge in [-0.05, 0) is 29.4 Å². The molecule has 3 rings (SSSR count). The maximum atomic E-state index is 14.0. The number of benzene rings is 3. The Morgan fingerprint density at radius 3 is 2.31 bits per heavy atom. The highest BCUT2D eigenvalue weighted by Crippen LogP contribution is 2.35. The molecule has 0 saturated carbocycles. The first-order valence-corrected chi connectivity index (χ1v) is 13.4. The Bertz CT molecular complexity index is 1490. The summed E-state index contributed by atoms with van der Waals surface area (Å²) in [7, 11) is -9.30. The molecular weight excluding hydrogens is 505 g/mol. The van der Waals surface area contributed by atoms with E-state index in [1.54, 1.807) is 24.3 Å². The molecule has 10 nitrogen and oxygen atoms in total. The van der Waals surface area contributed by atoms with Crippen molar-refractivity contribution in [3.63, 3.8) is 0 Å². The second kappa shape index (κ2) is 10.1. The summed E-state index contributed by atoms with van der Waals surface area (Å²) in [6.07, 6.45) is 0.887. The largest absolute Gasteiger partial charge is 0.486 e. The first kappa shape index (κ1) is 26.3. The van der Waals surface area contributed by atoms with Crippen LogP contribution in [0.2, 0.25) is 0 Å². The molecule has 0 bridgehead atoms. The number of nitro benzene ring substituents is 1. The van der Waals surface area contributed by atoms with Gasteiger partial charge in [0.15, 0.2) is 5.75 Å². The quantitative estimate of drug-likeness (QED) is 0.175. The van der Waals surface area contributed by atoms with Gasteiger partial charge < -0.3 is 8.92 Å². The molecule has 0 aliphatic heterocycles. The summed E-state index contributed by atoms with van der Waals surface area (Å²) in [5.41, 5.74) is 0.0721. The zero-order valence-electron chi connectivity index (χ0n) is 18.7. The number of nitrogens with zero attached hydrogens (tertiary/aromatic N) is 1. The minimum atomic E-state index is -5.06. The van der Waals surface area contributed by atoms with Crippen LogP contribution in [0.25, 0.3) is 10.8 Å². The topological polar surface area (TPSA) is 150 Å². The molecule has 0 aliphatic rings. The van der Waals surface area contributed by atoms with Gasteiger partial charge in [0.05, 0.1) is 4.92 Å². The fraction of sp³-hybridized carbons (Fsp3) is 0.273. The van der Waals surface area contributed by atoms with Gasteiger partial charge >= 0.3 is 15.8 Å². The maximum Gasteiger partial charge on any atom is 0.312 e. The number of rotatable bonds is 10. The van der Waals surface area contributed by atoms with Crippen molar-refractivity contribution in [2.45, 2.75) is 31.1 Å². The van der Waals surface area contributed by atoms with E-state index in [4.69, 9.17) is 13.5 Å². The standard InChI is InChI=1S/C22H22FNO9S2/c1-3-14(2)15-8-9-20(17-7-5-4-6-16(15)17)33-34(27,28)11-10-32-21-12-18(23)22(35(29,30)31)13-19(21)24(25)26/h4-9,12-14H,3,10-11H2,1-2H3,(H,29,30,31). The number of hydrogen-bond donors (Lipinski definition) is 1. The maximum absolute atomic E-state index is 14.0. The van der Waals surface area contributed by atoms with Crippen LogP contribution in [0, 0.1) is 15.9 Å². The SMILES string of the molecule is CCC(C)c1ccc(OS(=O)(=O)CCOc2cc(F)c(S(=O)(=O)O)cc2[N+](=O)[O-])c2ccccc12. The molecule has 13 heteroatoms. The molecule has 0 amide bonds. The van der Waals surface area contributed by atoms with Gasteiger partial charge in [0, 0.05) is 17.5 Å². The third-order valence-corrected chi connectivity index (χ3v) is 7.33. The minimum Gasteiger partial charge on any atom is -0.486 e. The molecule has 3 aromatic carbocycles. The molecule has 0 aromatic heterocycles. The van der Waals surface area contributed by atoms with Crippen LogP contribution < -0.4 is 8.92 Å². The first-order chi connectivity index (χ1) is 16.3. The van der Waals surface area contributed by atoms with Gasteiger partial charge in [-0.25, -0.2) is 4.39 Å². The molecular formula is C22H22FNO9S2.